The van der Waals surface area contributed by atoms with Gasteiger partial charge in [0.05, 0.1) is 13.2 Å². The molecule has 0 atom stereocenters. The summed E-state index contributed by atoms with van der Waals surface area (Å²) in [5.74, 6) is 0. The van der Waals surface area contributed by atoms with Gasteiger partial charge < -0.3 is 31.6 Å². The summed E-state index contributed by atoms with van der Waals surface area (Å²) in [5, 5.41) is 5.36. The number of amides is 2. The normalized spacial score (nSPS) is 11.0. The fourth-order valence-corrected chi connectivity index (χ4v) is 2.19. The van der Waals surface area contributed by atoms with Crippen molar-refractivity contribution in [2.24, 2.45) is 11.5 Å². The molecule has 0 saturated heterocycles. The van der Waals surface area contributed by atoms with Crippen LogP contribution in [0.4, 0.5) is 9.59 Å². The maximum Gasteiger partial charge on any atom is 0.407 e. The lowest BCUT2D eigenvalue weighted by Gasteiger charge is -2.28. The van der Waals surface area contributed by atoms with Crippen molar-refractivity contribution in [1.29, 1.82) is 0 Å². The first-order valence-corrected chi connectivity index (χ1v) is 9.27. The number of rotatable bonds is 14. The third kappa shape index (κ3) is 13.4. The van der Waals surface area contributed by atoms with E-state index in [1.165, 1.54) is 0 Å². The fraction of sp³-hybridized carbons (Fsp3) is 0.882. The summed E-state index contributed by atoms with van der Waals surface area (Å²) in [6, 6.07) is 0. The van der Waals surface area contributed by atoms with Crippen molar-refractivity contribution in [3.63, 3.8) is 0 Å². The second-order valence-electron chi connectivity index (χ2n) is 6.23. The van der Waals surface area contributed by atoms with Crippen molar-refractivity contribution < 1.29 is 19.1 Å². The van der Waals surface area contributed by atoms with E-state index in [1.54, 1.807) is 0 Å². The Kier molecular flexibility index (Phi) is 13.9. The monoisotopic (exact) mass is 360 g/mol. The van der Waals surface area contributed by atoms with Gasteiger partial charge in [0.25, 0.3) is 0 Å². The summed E-state index contributed by atoms with van der Waals surface area (Å²) in [4.78, 5) is 23.0. The number of carbonyl (C=O) groups is 2. The molecule has 0 rings (SSSR count). The lowest BCUT2D eigenvalue weighted by atomic mass is 9.89. The quantitative estimate of drug-likeness (QED) is 0.350. The molecule has 0 aromatic rings. The Morgan fingerprint density at radius 2 is 1.32 bits per heavy atom. The van der Waals surface area contributed by atoms with Crippen LogP contribution in [0.15, 0.2) is 0 Å². The summed E-state index contributed by atoms with van der Waals surface area (Å²) in [7, 11) is 0. The largest absolute Gasteiger partial charge is 0.449 e. The highest BCUT2D eigenvalue weighted by Gasteiger charge is 2.25. The molecule has 0 aromatic carbocycles. The van der Waals surface area contributed by atoms with E-state index in [2.05, 4.69) is 24.5 Å². The predicted octanol–water partition coefficient (Wildman–Crippen LogP) is 1.87. The zero-order chi connectivity index (χ0) is 19.0. The average Bonchev–Trinajstić information content (AvgIpc) is 2.55. The van der Waals surface area contributed by atoms with Gasteiger partial charge in [-0.3, -0.25) is 0 Å². The topological polar surface area (TPSA) is 129 Å². The van der Waals surface area contributed by atoms with Crippen LogP contribution in [-0.2, 0) is 9.47 Å². The van der Waals surface area contributed by atoms with Crippen LogP contribution in [-0.4, -0.2) is 50.6 Å². The smallest absolute Gasteiger partial charge is 0.407 e. The number of alkyl carbamates (subject to hydrolysis) is 2. The highest BCUT2D eigenvalue weighted by atomic mass is 16.6. The van der Waals surface area contributed by atoms with Crippen molar-refractivity contribution in [3.05, 3.63) is 0 Å². The summed E-state index contributed by atoms with van der Waals surface area (Å²) in [5.41, 5.74) is 11.3. The Balaban J connectivity index is 4.05. The first-order chi connectivity index (χ1) is 12.0. The predicted molar refractivity (Wildman–Crippen MR) is 98.3 cm³/mol. The molecule has 2 amide bonds. The van der Waals surface area contributed by atoms with Crippen LogP contribution >= 0.6 is 0 Å². The molecule has 0 heterocycles. The van der Waals surface area contributed by atoms with Gasteiger partial charge in [0.1, 0.15) is 0 Å². The van der Waals surface area contributed by atoms with Gasteiger partial charge in [-0.25, -0.2) is 9.59 Å². The van der Waals surface area contributed by atoms with Crippen LogP contribution < -0.4 is 22.1 Å². The first kappa shape index (κ1) is 23.5. The van der Waals surface area contributed by atoms with Gasteiger partial charge in [0.15, 0.2) is 0 Å². The number of nitrogens with one attached hydrogen (secondary N) is 2. The molecule has 148 valence electrons. The van der Waals surface area contributed by atoms with E-state index in [4.69, 9.17) is 20.9 Å². The second kappa shape index (κ2) is 14.8. The van der Waals surface area contributed by atoms with E-state index in [0.29, 0.717) is 38.9 Å². The molecule has 0 bridgehead atoms. The number of unbranched alkanes of at least 4 members (excludes halogenated alkanes) is 2. The molecule has 0 radical (unpaired) electrons. The highest BCUT2D eigenvalue weighted by Crippen LogP contribution is 2.16. The lowest BCUT2D eigenvalue weighted by molar-refractivity contribution is 0.116. The number of hydrogen-bond acceptors (Lipinski definition) is 6. The van der Waals surface area contributed by atoms with E-state index in [1.807, 2.05) is 0 Å². The minimum absolute atomic E-state index is 0.206. The van der Waals surface area contributed by atoms with Crippen LogP contribution in [0.2, 0.25) is 0 Å². The second-order valence-corrected chi connectivity index (χ2v) is 6.23. The fourth-order valence-electron chi connectivity index (χ4n) is 2.19. The van der Waals surface area contributed by atoms with E-state index in [9.17, 15) is 9.59 Å². The molecule has 0 aliphatic heterocycles. The molecular formula is C17H36N4O4. The molecule has 0 unspecified atom stereocenters. The molecular weight excluding hydrogens is 324 g/mol. The van der Waals surface area contributed by atoms with Crippen molar-refractivity contribution >= 4 is 12.2 Å². The molecule has 8 nitrogen and oxygen atoms in total. The number of hydrogen-bond donors (Lipinski definition) is 4. The third-order valence-electron chi connectivity index (χ3n) is 3.91. The number of nitrogens with two attached hydrogens (primary N) is 2. The summed E-state index contributed by atoms with van der Waals surface area (Å²) in [6.07, 6.45) is 4.48. The van der Waals surface area contributed by atoms with Crippen LogP contribution in [0.5, 0.6) is 0 Å². The van der Waals surface area contributed by atoms with Crippen molar-refractivity contribution in [1.82, 2.24) is 10.6 Å². The Bertz CT molecular complexity index is 339. The molecule has 0 aliphatic rings. The Morgan fingerprint density at radius 3 is 1.68 bits per heavy atom. The molecule has 6 N–H and O–H groups in total. The van der Waals surface area contributed by atoms with Crippen LogP contribution in [0.25, 0.3) is 0 Å². The molecule has 0 aliphatic carbocycles. The SMILES string of the molecule is CCCCNC(=O)OCCC(N)(CCN)CCOC(=O)NCCCC. The standard InChI is InChI=1S/C17H36N4O4/c1-3-5-11-20-15(22)24-13-8-17(19,7-10-18)9-14-25-16(23)21-12-6-4-2/h3-14,18-19H2,1-2H3,(H,20,22)(H,21,23). The highest BCUT2D eigenvalue weighted by molar-refractivity contribution is 5.67. The maximum atomic E-state index is 11.5. The Labute approximate surface area is 151 Å². The average molecular weight is 360 g/mol. The zero-order valence-electron chi connectivity index (χ0n) is 15.8. The van der Waals surface area contributed by atoms with Gasteiger partial charge in [-0.1, -0.05) is 26.7 Å². The summed E-state index contributed by atoms with van der Waals surface area (Å²) in [6.45, 7) is 6.14. The summed E-state index contributed by atoms with van der Waals surface area (Å²) < 4.78 is 10.3. The van der Waals surface area contributed by atoms with Gasteiger partial charge in [-0.15, -0.1) is 0 Å². The van der Waals surface area contributed by atoms with Gasteiger partial charge in [0, 0.05) is 18.6 Å². The van der Waals surface area contributed by atoms with Crippen LogP contribution in [0, 0.1) is 0 Å². The molecule has 0 aromatic heterocycles. The Morgan fingerprint density at radius 1 is 0.880 bits per heavy atom. The first-order valence-electron chi connectivity index (χ1n) is 9.27. The van der Waals surface area contributed by atoms with Crippen molar-refractivity contribution in [2.45, 2.75) is 64.3 Å². The third-order valence-corrected chi connectivity index (χ3v) is 3.91. The van der Waals surface area contributed by atoms with E-state index < -0.39 is 17.7 Å². The van der Waals surface area contributed by atoms with E-state index >= 15 is 0 Å². The molecule has 0 spiro atoms. The molecule has 0 saturated carbocycles. The molecule has 8 heteroatoms. The minimum Gasteiger partial charge on any atom is -0.449 e. The Hall–Kier alpha value is -1.54. The summed E-state index contributed by atoms with van der Waals surface area (Å²) >= 11 is 0. The lowest BCUT2D eigenvalue weighted by Crippen LogP contribution is -2.44. The van der Waals surface area contributed by atoms with E-state index in [0.717, 1.165) is 25.7 Å². The van der Waals surface area contributed by atoms with Crippen molar-refractivity contribution in [3.8, 4) is 0 Å². The number of ether oxygens (including phenoxy) is 2. The maximum absolute atomic E-state index is 11.5. The molecule has 25 heavy (non-hydrogen) atoms. The molecule has 0 fully saturated rings. The van der Waals surface area contributed by atoms with Crippen molar-refractivity contribution in [2.75, 3.05) is 32.8 Å². The van der Waals surface area contributed by atoms with Gasteiger partial charge >= 0.3 is 12.2 Å². The van der Waals surface area contributed by atoms with Crippen LogP contribution in [0.1, 0.15) is 58.8 Å². The van der Waals surface area contributed by atoms with Gasteiger partial charge in [0.2, 0.25) is 0 Å². The van der Waals surface area contributed by atoms with Gasteiger partial charge in [-0.2, -0.15) is 0 Å². The van der Waals surface area contributed by atoms with Gasteiger partial charge in [-0.05, 0) is 38.6 Å². The van der Waals surface area contributed by atoms with Crippen LogP contribution in [0.3, 0.4) is 0 Å². The van der Waals surface area contributed by atoms with E-state index in [-0.39, 0.29) is 13.2 Å². The number of carbonyl (C=O) groups excluding carboxylic acids is 2. The zero-order valence-corrected chi connectivity index (χ0v) is 15.8. The minimum atomic E-state index is -0.623.